The SMILES string of the molecule is COc1ccc(C[C@@H](c2ccc(OC)c(OC)c2)N2COC[C@@H]2c2ccccc2)cc1OC. The van der Waals surface area contributed by atoms with Crippen LogP contribution in [0.5, 0.6) is 23.0 Å². The molecule has 0 aliphatic carbocycles. The molecule has 0 aromatic heterocycles. The molecule has 1 fully saturated rings. The minimum atomic E-state index is 0.0515. The Kier molecular flexibility index (Phi) is 7.37. The van der Waals surface area contributed by atoms with Gasteiger partial charge in [-0.3, -0.25) is 4.90 Å². The van der Waals surface area contributed by atoms with Gasteiger partial charge in [-0.15, -0.1) is 0 Å². The number of ether oxygens (including phenoxy) is 5. The Bertz CT molecular complexity index is 1060. The first-order valence-corrected chi connectivity index (χ1v) is 11.0. The van der Waals surface area contributed by atoms with Crippen molar-refractivity contribution in [2.45, 2.75) is 18.5 Å². The summed E-state index contributed by atoms with van der Waals surface area (Å²) >= 11 is 0. The van der Waals surface area contributed by atoms with E-state index in [1.807, 2.05) is 24.3 Å². The average Bonchev–Trinajstić information content (AvgIpc) is 3.36. The normalized spacial score (nSPS) is 16.9. The number of nitrogens with zero attached hydrogens (tertiary/aromatic N) is 1. The van der Waals surface area contributed by atoms with Gasteiger partial charge in [-0.1, -0.05) is 42.5 Å². The van der Waals surface area contributed by atoms with Gasteiger partial charge in [0.05, 0.1) is 41.1 Å². The maximum absolute atomic E-state index is 5.97. The van der Waals surface area contributed by atoms with E-state index in [1.165, 1.54) is 5.56 Å². The Morgan fingerprint density at radius 3 is 2.09 bits per heavy atom. The van der Waals surface area contributed by atoms with Gasteiger partial charge in [0, 0.05) is 6.04 Å². The Labute approximate surface area is 195 Å². The third-order valence-electron chi connectivity index (χ3n) is 6.17. The summed E-state index contributed by atoms with van der Waals surface area (Å²) in [6.45, 7) is 1.20. The topological polar surface area (TPSA) is 49.4 Å². The Hall–Kier alpha value is -3.22. The van der Waals surface area contributed by atoms with E-state index in [0.717, 1.165) is 29.0 Å². The van der Waals surface area contributed by atoms with Crippen LogP contribution in [0.3, 0.4) is 0 Å². The molecule has 0 N–H and O–H groups in total. The largest absolute Gasteiger partial charge is 0.493 e. The highest BCUT2D eigenvalue weighted by molar-refractivity contribution is 5.46. The predicted octanol–water partition coefficient (Wildman–Crippen LogP) is 5.04. The third-order valence-corrected chi connectivity index (χ3v) is 6.17. The Morgan fingerprint density at radius 2 is 1.42 bits per heavy atom. The van der Waals surface area contributed by atoms with Gasteiger partial charge in [-0.2, -0.15) is 0 Å². The van der Waals surface area contributed by atoms with E-state index < -0.39 is 0 Å². The second-order valence-electron chi connectivity index (χ2n) is 7.96. The van der Waals surface area contributed by atoms with Gasteiger partial charge < -0.3 is 23.7 Å². The fraction of sp³-hybridized carbons (Fsp3) is 0.333. The molecule has 0 unspecified atom stereocenters. The summed E-state index contributed by atoms with van der Waals surface area (Å²) in [5, 5.41) is 0. The summed E-state index contributed by atoms with van der Waals surface area (Å²) in [5.41, 5.74) is 3.52. The van der Waals surface area contributed by atoms with Crippen LogP contribution in [0, 0.1) is 0 Å². The lowest BCUT2D eigenvalue weighted by Gasteiger charge is -2.32. The van der Waals surface area contributed by atoms with E-state index in [0.29, 0.717) is 24.8 Å². The monoisotopic (exact) mass is 449 g/mol. The number of methoxy groups -OCH3 is 4. The minimum Gasteiger partial charge on any atom is -0.493 e. The lowest BCUT2D eigenvalue weighted by Crippen LogP contribution is -2.31. The zero-order valence-corrected chi connectivity index (χ0v) is 19.6. The molecule has 0 radical (unpaired) electrons. The van der Waals surface area contributed by atoms with E-state index in [9.17, 15) is 0 Å². The van der Waals surface area contributed by atoms with Gasteiger partial charge in [0.2, 0.25) is 0 Å². The number of hydrogen-bond donors (Lipinski definition) is 0. The Morgan fingerprint density at radius 1 is 0.788 bits per heavy atom. The van der Waals surface area contributed by atoms with Crippen molar-refractivity contribution in [3.8, 4) is 23.0 Å². The molecule has 4 rings (SSSR count). The number of benzene rings is 3. The van der Waals surface area contributed by atoms with Crippen molar-refractivity contribution in [3.63, 3.8) is 0 Å². The van der Waals surface area contributed by atoms with Gasteiger partial charge in [-0.25, -0.2) is 0 Å². The van der Waals surface area contributed by atoms with E-state index in [-0.39, 0.29) is 12.1 Å². The third kappa shape index (κ3) is 4.92. The minimum absolute atomic E-state index is 0.0515. The fourth-order valence-electron chi connectivity index (χ4n) is 4.44. The molecule has 2 atom stereocenters. The van der Waals surface area contributed by atoms with Crippen molar-refractivity contribution in [2.75, 3.05) is 41.8 Å². The first-order chi connectivity index (χ1) is 16.2. The first kappa shape index (κ1) is 23.0. The van der Waals surface area contributed by atoms with Gasteiger partial charge in [-0.05, 0) is 47.4 Å². The van der Waals surface area contributed by atoms with E-state index >= 15 is 0 Å². The second kappa shape index (κ2) is 10.6. The van der Waals surface area contributed by atoms with Crippen LogP contribution in [0.2, 0.25) is 0 Å². The number of hydrogen-bond acceptors (Lipinski definition) is 6. The highest BCUT2D eigenvalue weighted by Crippen LogP contribution is 2.40. The van der Waals surface area contributed by atoms with Crippen LogP contribution >= 0.6 is 0 Å². The molecule has 3 aromatic carbocycles. The van der Waals surface area contributed by atoms with Gasteiger partial charge in [0.1, 0.15) is 6.73 Å². The number of rotatable bonds is 9. The first-order valence-electron chi connectivity index (χ1n) is 11.0. The Balaban J connectivity index is 1.74. The molecular weight excluding hydrogens is 418 g/mol. The van der Waals surface area contributed by atoms with Crippen molar-refractivity contribution in [1.82, 2.24) is 4.90 Å². The molecule has 6 nitrogen and oxygen atoms in total. The van der Waals surface area contributed by atoms with Gasteiger partial charge >= 0.3 is 0 Å². The summed E-state index contributed by atoms with van der Waals surface area (Å²) in [5.74, 6) is 2.86. The predicted molar refractivity (Wildman–Crippen MR) is 127 cm³/mol. The van der Waals surface area contributed by atoms with Crippen molar-refractivity contribution < 1.29 is 23.7 Å². The van der Waals surface area contributed by atoms with E-state index in [2.05, 4.69) is 47.4 Å². The molecule has 0 bridgehead atoms. The standard InChI is InChI=1S/C27H31NO5/c1-29-24-12-10-19(15-26(24)31-3)14-22(21-11-13-25(30-2)27(16-21)32-4)28-18-33-17-23(28)20-8-6-5-7-9-20/h5-13,15-16,22-23H,14,17-18H2,1-4H3/t22-,23+/m0/s1. The second-order valence-corrected chi connectivity index (χ2v) is 7.96. The summed E-state index contributed by atoms with van der Waals surface area (Å²) in [7, 11) is 6.62. The van der Waals surface area contributed by atoms with Crippen molar-refractivity contribution >= 4 is 0 Å². The lowest BCUT2D eigenvalue weighted by atomic mass is 9.94. The molecular formula is C27H31NO5. The molecule has 174 valence electrons. The van der Waals surface area contributed by atoms with Crippen LogP contribution in [-0.2, 0) is 11.2 Å². The fourth-order valence-corrected chi connectivity index (χ4v) is 4.44. The van der Waals surface area contributed by atoms with Crippen molar-refractivity contribution in [2.24, 2.45) is 0 Å². The van der Waals surface area contributed by atoms with Crippen LogP contribution in [-0.4, -0.2) is 46.7 Å². The van der Waals surface area contributed by atoms with Crippen LogP contribution in [0.1, 0.15) is 28.8 Å². The molecule has 0 amide bonds. The zero-order valence-electron chi connectivity index (χ0n) is 19.6. The highest BCUT2D eigenvalue weighted by atomic mass is 16.5. The summed E-state index contributed by atoms with van der Waals surface area (Å²) in [6, 6.07) is 22.9. The maximum atomic E-state index is 5.97. The molecule has 3 aromatic rings. The molecule has 0 spiro atoms. The molecule has 6 heteroatoms. The molecule has 1 aliphatic heterocycles. The summed E-state index contributed by atoms with van der Waals surface area (Å²) in [4.78, 5) is 2.41. The van der Waals surface area contributed by atoms with Gasteiger partial charge in [0.15, 0.2) is 23.0 Å². The lowest BCUT2D eigenvalue weighted by molar-refractivity contribution is 0.105. The molecule has 1 aliphatic rings. The zero-order chi connectivity index (χ0) is 23.2. The molecule has 1 saturated heterocycles. The summed E-state index contributed by atoms with van der Waals surface area (Å²) in [6.07, 6.45) is 0.766. The maximum Gasteiger partial charge on any atom is 0.161 e. The molecule has 33 heavy (non-hydrogen) atoms. The molecule has 0 saturated carbocycles. The highest BCUT2D eigenvalue weighted by Gasteiger charge is 2.34. The van der Waals surface area contributed by atoms with Crippen LogP contribution in [0.25, 0.3) is 0 Å². The molecule has 1 heterocycles. The van der Waals surface area contributed by atoms with E-state index in [4.69, 9.17) is 23.7 Å². The van der Waals surface area contributed by atoms with E-state index in [1.54, 1.807) is 28.4 Å². The van der Waals surface area contributed by atoms with Crippen LogP contribution in [0.15, 0.2) is 66.7 Å². The van der Waals surface area contributed by atoms with Gasteiger partial charge in [0.25, 0.3) is 0 Å². The van der Waals surface area contributed by atoms with Crippen molar-refractivity contribution in [1.29, 1.82) is 0 Å². The van der Waals surface area contributed by atoms with Crippen LogP contribution < -0.4 is 18.9 Å². The average molecular weight is 450 g/mol. The van der Waals surface area contributed by atoms with Crippen molar-refractivity contribution in [3.05, 3.63) is 83.4 Å². The van der Waals surface area contributed by atoms with Crippen LogP contribution in [0.4, 0.5) is 0 Å². The quantitative estimate of drug-likeness (QED) is 0.456. The smallest absolute Gasteiger partial charge is 0.161 e. The summed E-state index contributed by atoms with van der Waals surface area (Å²) < 4.78 is 28.0.